The normalized spacial score (nSPS) is 22.5. The van der Waals surface area contributed by atoms with Gasteiger partial charge in [-0.25, -0.2) is 0 Å². The summed E-state index contributed by atoms with van der Waals surface area (Å²) < 4.78 is 5.61. The first-order chi connectivity index (χ1) is 8.91. The molecule has 4 nitrogen and oxygen atoms in total. The van der Waals surface area contributed by atoms with Crippen LogP contribution in [0.15, 0.2) is 12.1 Å². The van der Waals surface area contributed by atoms with Crippen LogP contribution in [0.5, 0.6) is 0 Å². The summed E-state index contributed by atoms with van der Waals surface area (Å²) >= 11 is 11.7. The van der Waals surface area contributed by atoms with E-state index in [1.165, 1.54) is 12.1 Å². The van der Waals surface area contributed by atoms with Gasteiger partial charge in [-0.3, -0.25) is 4.79 Å². The molecule has 0 saturated carbocycles. The predicted octanol–water partition coefficient (Wildman–Crippen LogP) is 2.87. The minimum Gasteiger partial charge on any atom is -0.397 e. The van der Waals surface area contributed by atoms with Crippen molar-refractivity contribution < 1.29 is 9.53 Å². The molecule has 1 aliphatic rings. The lowest BCUT2D eigenvalue weighted by Gasteiger charge is -2.23. The van der Waals surface area contributed by atoms with Gasteiger partial charge in [0.1, 0.15) is 0 Å². The molecule has 1 aliphatic heterocycles. The molecule has 2 rings (SSSR count). The molecule has 1 aromatic rings. The summed E-state index contributed by atoms with van der Waals surface area (Å²) in [5.74, 6) is -0.234. The van der Waals surface area contributed by atoms with Crippen molar-refractivity contribution in [1.82, 2.24) is 5.32 Å². The number of hydrogen-bond donors (Lipinski definition) is 2. The van der Waals surface area contributed by atoms with Crippen LogP contribution in [0.2, 0.25) is 10.0 Å². The number of benzene rings is 1. The second-order valence-corrected chi connectivity index (χ2v) is 5.73. The summed E-state index contributed by atoms with van der Waals surface area (Å²) in [6, 6.07) is 3.02. The van der Waals surface area contributed by atoms with E-state index in [-0.39, 0.29) is 21.6 Å². The van der Waals surface area contributed by atoms with Gasteiger partial charge in [-0.15, -0.1) is 0 Å². The van der Waals surface area contributed by atoms with Gasteiger partial charge in [-0.1, -0.05) is 23.2 Å². The third-order valence-electron chi connectivity index (χ3n) is 3.24. The minimum absolute atomic E-state index is 0.234. The van der Waals surface area contributed by atoms with Crippen LogP contribution in [0.3, 0.4) is 0 Å². The third kappa shape index (κ3) is 3.32. The van der Waals surface area contributed by atoms with Gasteiger partial charge in [0.15, 0.2) is 0 Å². The Balaban J connectivity index is 2.04. The van der Waals surface area contributed by atoms with Crippen LogP contribution >= 0.6 is 23.2 Å². The highest BCUT2D eigenvalue weighted by atomic mass is 35.5. The van der Waals surface area contributed by atoms with Crippen molar-refractivity contribution >= 4 is 34.8 Å². The molecule has 1 fully saturated rings. The van der Waals surface area contributed by atoms with Gasteiger partial charge >= 0.3 is 0 Å². The number of nitrogens with two attached hydrogens (primary N) is 1. The van der Waals surface area contributed by atoms with Crippen molar-refractivity contribution in [3.63, 3.8) is 0 Å². The Morgan fingerprint density at radius 2 is 2.26 bits per heavy atom. The average molecular weight is 303 g/mol. The lowest BCUT2D eigenvalue weighted by Crippen LogP contribution is -2.40. The molecule has 0 bridgehead atoms. The standard InChI is InChI=1S/C13H16Cl2N2O2/c1-13(3-2-4-19-13)7-17-12(18)8-5-9(14)11(15)10(16)6-8/h5-6H,2-4,7,16H2,1H3,(H,17,18). The molecule has 1 aromatic carbocycles. The zero-order valence-corrected chi connectivity index (χ0v) is 12.1. The molecule has 1 amide bonds. The molecule has 0 spiro atoms. The molecular formula is C13H16Cl2N2O2. The summed E-state index contributed by atoms with van der Waals surface area (Å²) in [6.45, 7) is 3.20. The van der Waals surface area contributed by atoms with Crippen LogP contribution in [0, 0.1) is 0 Å². The Kier molecular flexibility index (Phi) is 4.23. The average Bonchev–Trinajstić information content (AvgIpc) is 2.80. The number of ether oxygens (including phenoxy) is 1. The zero-order valence-electron chi connectivity index (χ0n) is 10.6. The molecule has 6 heteroatoms. The van der Waals surface area contributed by atoms with Gasteiger partial charge in [0, 0.05) is 18.7 Å². The third-order valence-corrected chi connectivity index (χ3v) is 4.06. The number of hydrogen-bond acceptors (Lipinski definition) is 3. The van der Waals surface area contributed by atoms with Crippen LogP contribution in [0.1, 0.15) is 30.1 Å². The number of halogens is 2. The molecule has 1 saturated heterocycles. The highest BCUT2D eigenvalue weighted by molar-refractivity contribution is 6.43. The van der Waals surface area contributed by atoms with Crippen molar-refractivity contribution in [2.45, 2.75) is 25.4 Å². The van der Waals surface area contributed by atoms with E-state index in [1.54, 1.807) is 0 Å². The van der Waals surface area contributed by atoms with E-state index in [0.29, 0.717) is 17.8 Å². The predicted molar refractivity (Wildman–Crippen MR) is 76.8 cm³/mol. The van der Waals surface area contributed by atoms with E-state index < -0.39 is 0 Å². The van der Waals surface area contributed by atoms with Gasteiger partial charge in [0.25, 0.3) is 5.91 Å². The number of carbonyl (C=O) groups is 1. The minimum atomic E-state index is -0.280. The second-order valence-electron chi connectivity index (χ2n) is 4.95. The first-order valence-electron chi connectivity index (χ1n) is 6.08. The van der Waals surface area contributed by atoms with Crippen LogP contribution < -0.4 is 11.1 Å². The fourth-order valence-corrected chi connectivity index (χ4v) is 2.42. The molecule has 0 radical (unpaired) electrons. The SMILES string of the molecule is CC1(CNC(=O)c2cc(N)c(Cl)c(Cl)c2)CCCO1. The summed E-state index contributed by atoms with van der Waals surface area (Å²) in [4.78, 5) is 12.0. The molecule has 1 atom stereocenters. The lowest BCUT2D eigenvalue weighted by atomic mass is 10.0. The number of anilines is 1. The van der Waals surface area contributed by atoms with E-state index in [1.807, 2.05) is 6.92 Å². The van der Waals surface area contributed by atoms with Crippen molar-refractivity contribution in [1.29, 1.82) is 0 Å². The van der Waals surface area contributed by atoms with Gasteiger partial charge in [-0.05, 0) is 31.9 Å². The summed E-state index contributed by atoms with van der Waals surface area (Å²) in [5, 5.41) is 3.38. The Hall–Kier alpha value is -0.970. The Morgan fingerprint density at radius 1 is 1.53 bits per heavy atom. The van der Waals surface area contributed by atoms with Crippen LogP contribution in [0.25, 0.3) is 0 Å². The first-order valence-corrected chi connectivity index (χ1v) is 6.83. The molecule has 1 heterocycles. The number of nitrogen functional groups attached to an aromatic ring is 1. The van der Waals surface area contributed by atoms with Gasteiger partial charge in [-0.2, -0.15) is 0 Å². The molecule has 3 N–H and O–H groups in total. The van der Waals surface area contributed by atoms with Gasteiger partial charge in [0.05, 0.1) is 21.3 Å². The highest BCUT2D eigenvalue weighted by Gasteiger charge is 2.30. The van der Waals surface area contributed by atoms with E-state index in [4.69, 9.17) is 33.7 Å². The molecule has 0 aliphatic carbocycles. The van der Waals surface area contributed by atoms with Crippen LogP contribution in [-0.4, -0.2) is 24.7 Å². The molecular weight excluding hydrogens is 287 g/mol. The highest BCUT2D eigenvalue weighted by Crippen LogP contribution is 2.29. The van der Waals surface area contributed by atoms with Crippen molar-refractivity contribution in [3.8, 4) is 0 Å². The Morgan fingerprint density at radius 3 is 2.84 bits per heavy atom. The summed E-state index contributed by atoms with van der Waals surface area (Å²) in [6.07, 6.45) is 1.96. The fourth-order valence-electron chi connectivity index (χ4n) is 2.09. The van der Waals surface area contributed by atoms with Crippen LogP contribution in [0.4, 0.5) is 5.69 Å². The van der Waals surface area contributed by atoms with E-state index in [2.05, 4.69) is 5.32 Å². The quantitative estimate of drug-likeness (QED) is 0.844. The number of nitrogens with one attached hydrogen (secondary N) is 1. The van der Waals surface area contributed by atoms with E-state index >= 15 is 0 Å². The summed E-state index contributed by atoms with van der Waals surface area (Å²) in [7, 11) is 0. The van der Waals surface area contributed by atoms with Crippen molar-refractivity contribution in [2.24, 2.45) is 0 Å². The first kappa shape index (κ1) is 14.4. The monoisotopic (exact) mass is 302 g/mol. The van der Waals surface area contributed by atoms with Gasteiger partial charge < -0.3 is 15.8 Å². The van der Waals surface area contributed by atoms with Crippen molar-refractivity contribution in [3.05, 3.63) is 27.7 Å². The maximum Gasteiger partial charge on any atom is 0.251 e. The second kappa shape index (κ2) is 5.57. The smallest absolute Gasteiger partial charge is 0.251 e. The fraction of sp³-hybridized carbons (Fsp3) is 0.462. The maximum atomic E-state index is 12.0. The van der Waals surface area contributed by atoms with Gasteiger partial charge in [0.2, 0.25) is 0 Å². The summed E-state index contributed by atoms with van der Waals surface area (Å²) in [5.41, 5.74) is 6.09. The topological polar surface area (TPSA) is 64.4 Å². The Labute approximate surface area is 122 Å². The maximum absolute atomic E-state index is 12.0. The Bertz CT molecular complexity index is 476. The van der Waals surface area contributed by atoms with Crippen LogP contribution in [-0.2, 0) is 4.74 Å². The number of amides is 1. The number of rotatable bonds is 3. The number of carbonyl (C=O) groups excluding carboxylic acids is 1. The van der Waals surface area contributed by atoms with E-state index in [9.17, 15) is 4.79 Å². The molecule has 104 valence electrons. The molecule has 0 aromatic heterocycles. The molecule has 1 unspecified atom stereocenters. The van der Waals surface area contributed by atoms with E-state index in [0.717, 1.165) is 19.4 Å². The van der Waals surface area contributed by atoms with Crippen molar-refractivity contribution in [2.75, 3.05) is 18.9 Å². The largest absolute Gasteiger partial charge is 0.397 e. The molecule has 19 heavy (non-hydrogen) atoms. The zero-order chi connectivity index (χ0) is 14.0. The lowest BCUT2D eigenvalue weighted by molar-refractivity contribution is 0.0206.